The van der Waals surface area contributed by atoms with Gasteiger partial charge in [0, 0.05) is 0 Å². The van der Waals surface area contributed by atoms with E-state index in [-0.39, 0.29) is 17.7 Å². The standard InChI is InChI=1S/C26H28N4O2S/c1-4-23(21-12-10-18(2)11-13-21)27-24(31)17-33-26-29-28-25(22-14-15-32-19(22)3)30(26)16-20-8-6-5-7-9-20/h5-15,23H,4,16-17H2,1-3H3,(H,27,31)/t23-/m0/s1. The van der Waals surface area contributed by atoms with Gasteiger partial charge in [-0.25, -0.2) is 0 Å². The van der Waals surface area contributed by atoms with Crippen LogP contribution in [0.2, 0.25) is 0 Å². The van der Waals surface area contributed by atoms with E-state index < -0.39 is 0 Å². The highest BCUT2D eigenvalue weighted by Crippen LogP contribution is 2.28. The number of carbonyl (C=O) groups is 1. The maximum atomic E-state index is 12.8. The zero-order valence-electron chi connectivity index (χ0n) is 19.1. The molecule has 0 saturated carbocycles. The molecule has 1 amide bonds. The van der Waals surface area contributed by atoms with E-state index in [1.54, 1.807) is 6.26 Å². The molecular formula is C26H28N4O2S. The summed E-state index contributed by atoms with van der Waals surface area (Å²) in [6.45, 7) is 6.66. The van der Waals surface area contributed by atoms with Gasteiger partial charge in [-0.1, -0.05) is 78.8 Å². The molecule has 2 heterocycles. The number of nitrogens with zero attached hydrogens (tertiary/aromatic N) is 3. The molecule has 0 aliphatic rings. The molecule has 0 spiro atoms. The van der Waals surface area contributed by atoms with Crippen molar-refractivity contribution in [2.75, 3.05) is 5.75 Å². The number of thioether (sulfide) groups is 1. The number of benzene rings is 2. The van der Waals surface area contributed by atoms with Crippen molar-refractivity contribution in [3.8, 4) is 11.4 Å². The van der Waals surface area contributed by atoms with Crippen molar-refractivity contribution in [3.63, 3.8) is 0 Å². The van der Waals surface area contributed by atoms with E-state index in [2.05, 4.69) is 65.8 Å². The molecule has 1 N–H and O–H groups in total. The number of aryl methyl sites for hydroxylation is 2. The molecule has 0 fully saturated rings. The van der Waals surface area contributed by atoms with Gasteiger partial charge < -0.3 is 9.73 Å². The fourth-order valence-corrected chi connectivity index (χ4v) is 4.46. The minimum atomic E-state index is -0.0253. The number of amides is 1. The summed E-state index contributed by atoms with van der Waals surface area (Å²) in [7, 11) is 0. The van der Waals surface area contributed by atoms with E-state index in [4.69, 9.17) is 4.42 Å². The van der Waals surface area contributed by atoms with Gasteiger partial charge in [0.05, 0.1) is 30.2 Å². The Morgan fingerprint density at radius 3 is 2.48 bits per heavy atom. The quantitative estimate of drug-likeness (QED) is 0.331. The summed E-state index contributed by atoms with van der Waals surface area (Å²) in [5.41, 5.74) is 4.36. The highest BCUT2D eigenvalue weighted by Gasteiger charge is 2.19. The molecule has 0 unspecified atom stereocenters. The first-order chi connectivity index (χ1) is 16.0. The molecule has 170 valence electrons. The summed E-state index contributed by atoms with van der Waals surface area (Å²) in [6.07, 6.45) is 2.48. The maximum Gasteiger partial charge on any atom is 0.230 e. The smallest absolute Gasteiger partial charge is 0.230 e. The Morgan fingerprint density at radius 1 is 1.06 bits per heavy atom. The van der Waals surface area contributed by atoms with Gasteiger partial charge in [0.15, 0.2) is 11.0 Å². The van der Waals surface area contributed by atoms with Gasteiger partial charge in [-0.2, -0.15) is 0 Å². The van der Waals surface area contributed by atoms with Crippen molar-refractivity contribution >= 4 is 17.7 Å². The van der Waals surface area contributed by atoms with Crippen molar-refractivity contribution in [2.24, 2.45) is 0 Å². The topological polar surface area (TPSA) is 73.0 Å². The normalized spacial score (nSPS) is 12.0. The molecule has 2 aromatic heterocycles. The molecule has 6 nitrogen and oxygen atoms in total. The first-order valence-corrected chi connectivity index (χ1v) is 12.0. The number of carbonyl (C=O) groups excluding carboxylic acids is 1. The van der Waals surface area contributed by atoms with Gasteiger partial charge in [0.2, 0.25) is 5.91 Å². The van der Waals surface area contributed by atoms with Crippen molar-refractivity contribution in [3.05, 3.63) is 89.4 Å². The Labute approximate surface area is 198 Å². The summed E-state index contributed by atoms with van der Waals surface area (Å²) in [5.74, 6) is 1.76. The number of aromatic nitrogens is 3. The second-order valence-corrected chi connectivity index (χ2v) is 8.94. The molecule has 4 aromatic rings. The van der Waals surface area contributed by atoms with Crippen molar-refractivity contribution in [1.29, 1.82) is 0 Å². The second kappa shape index (κ2) is 10.5. The molecule has 2 aromatic carbocycles. The van der Waals surface area contributed by atoms with Crippen LogP contribution in [0.15, 0.2) is 76.5 Å². The summed E-state index contributed by atoms with van der Waals surface area (Å²) < 4.78 is 7.53. The molecule has 0 aliphatic carbocycles. The van der Waals surface area contributed by atoms with Crippen molar-refractivity contribution in [1.82, 2.24) is 20.1 Å². The van der Waals surface area contributed by atoms with E-state index >= 15 is 0 Å². The van der Waals surface area contributed by atoms with Gasteiger partial charge in [-0.15, -0.1) is 10.2 Å². The fraction of sp³-hybridized carbons (Fsp3) is 0.269. The van der Waals surface area contributed by atoms with Gasteiger partial charge in [-0.3, -0.25) is 9.36 Å². The van der Waals surface area contributed by atoms with Gasteiger partial charge >= 0.3 is 0 Å². The predicted molar refractivity (Wildman–Crippen MR) is 131 cm³/mol. The molecule has 33 heavy (non-hydrogen) atoms. The molecule has 0 bridgehead atoms. The molecular weight excluding hydrogens is 432 g/mol. The van der Waals surface area contributed by atoms with Crippen LogP contribution in [-0.2, 0) is 11.3 Å². The van der Waals surface area contributed by atoms with Crippen LogP contribution in [0.4, 0.5) is 0 Å². The summed E-state index contributed by atoms with van der Waals surface area (Å²) in [5, 5.41) is 12.7. The van der Waals surface area contributed by atoms with E-state index in [1.165, 1.54) is 17.3 Å². The fourth-order valence-electron chi connectivity index (χ4n) is 3.71. The van der Waals surface area contributed by atoms with Gasteiger partial charge in [-0.05, 0) is 37.5 Å². The van der Waals surface area contributed by atoms with Crippen LogP contribution in [-0.4, -0.2) is 26.4 Å². The molecule has 0 radical (unpaired) electrons. The average Bonchev–Trinajstić information content (AvgIpc) is 3.42. The minimum Gasteiger partial charge on any atom is -0.469 e. The zero-order valence-corrected chi connectivity index (χ0v) is 19.9. The van der Waals surface area contributed by atoms with Crippen LogP contribution in [0.25, 0.3) is 11.4 Å². The lowest BCUT2D eigenvalue weighted by molar-refractivity contribution is -0.119. The Morgan fingerprint density at radius 2 is 1.82 bits per heavy atom. The first-order valence-electron chi connectivity index (χ1n) is 11.1. The number of hydrogen-bond donors (Lipinski definition) is 1. The van der Waals surface area contributed by atoms with Crippen LogP contribution < -0.4 is 5.32 Å². The van der Waals surface area contributed by atoms with E-state index in [0.717, 1.165) is 34.7 Å². The Kier molecular flexibility index (Phi) is 7.29. The largest absolute Gasteiger partial charge is 0.469 e. The monoisotopic (exact) mass is 460 g/mol. The van der Waals surface area contributed by atoms with Crippen LogP contribution in [0, 0.1) is 13.8 Å². The SMILES string of the molecule is CC[C@H](NC(=O)CSc1nnc(-c2ccoc2C)n1Cc1ccccc1)c1ccc(C)cc1. The van der Waals surface area contributed by atoms with Crippen LogP contribution >= 0.6 is 11.8 Å². The number of rotatable bonds is 9. The van der Waals surface area contributed by atoms with Crippen LogP contribution in [0.1, 0.15) is 41.8 Å². The Bertz CT molecular complexity index is 1200. The van der Waals surface area contributed by atoms with Gasteiger partial charge in [0.25, 0.3) is 0 Å². The lowest BCUT2D eigenvalue weighted by Crippen LogP contribution is -2.29. The summed E-state index contributed by atoms with van der Waals surface area (Å²) >= 11 is 1.40. The van der Waals surface area contributed by atoms with Crippen LogP contribution in [0.5, 0.6) is 0 Å². The van der Waals surface area contributed by atoms with Gasteiger partial charge in [0.1, 0.15) is 5.76 Å². The third-order valence-electron chi connectivity index (χ3n) is 5.56. The maximum absolute atomic E-state index is 12.8. The molecule has 1 atom stereocenters. The Hall–Kier alpha value is -3.32. The van der Waals surface area contributed by atoms with Crippen molar-refractivity contribution in [2.45, 2.75) is 44.9 Å². The highest BCUT2D eigenvalue weighted by molar-refractivity contribution is 7.99. The summed E-state index contributed by atoms with van der Waals surface area (Å²) in [6, 6.07) is 20.3. The second-order valence-electron chi connectivity index (χ2n) is 8.00. The zero-order chi connectivity index (χ0) is 23.2. The molecule has 0 aliphatic heterocycles. The molecule has 4 rings (SSSR count). The average molecular weight is 461 g/mol. The minimum absolute atomic E-state index is 0.00923. The lowest BCUT2D eigenvalue weighted by Gasteiger charge is -2.17. The van der Waals surface area contributed by atoms with Crippen molar-refractivity contribution < 1.29 is 9.21 Å². The predicted octanol–water partition coefficient (Wildman–Crippen LogP) is 5.56. The first kappa shape index (κ1) is 22.9. The van der Waals surface area contributed by atoms with E-state index in [0.29, 0.717) is 11.7 Å². The van der Waals surface area contributed by atoms with E-state index in [1.807, 2.05) is 35.8 Å². The Balaban J connectivity index is 1.50. The highest BCUT2D eigenvalue weighted by atomic mass is 32.2. The number of furan rings is 1. The number of nitrogens with one attached hydrogen (secondary N) is 1. The molecule has 7 heteroatoms. The number of hydrogen-bond acceptors (Lipinski definition) is 5. The van der Waals surface area contributed by atoms with E-state index in [9.17, 15) is 4.79 Å². The lowest BCUT2D eigenvalue weighted by atomic mass is 10.0. The molecule has 0 saturated heterocycles. The third-order valence-corrected chi connectivity index (χ3v) is 6.52. The van der Waals surface area contributed by atoms with Crippen LogP contribution in [0.3, 0.4) is 0 Å². The third kappa shape index (κ3) is 5.54. The summed E-state index contributed by atoms with van der Waals surface area (Å²) in [4.78, 5) is 12.8.